The van der Waals surface area contributed by atoms with Crippen LogP contribution in [-0.2, 0) is 0 Å². The normalized spacial score (nSPS) is 9.56. The summed E-state index contributed by atoms with van der Waals surface area (Å²) in [5, 5.41) is 5.87. The summed E-state index contributed by atoms with van der Waals surface area (Å²) in [6.07, 6.45) is 0. The fourth-order valence-electron chi connectivity index (χ4n) is 0.365. The van der Waals surface area contributed by atoms with Gasteiger partial charge in [-0.25, -0.2) is 5.10 Å². The molecule has 5 heteroatoms. The van der Waals surface area contributed by atoms with Gasteiger partial charge in [-0.2, -0.15) is 5.10 Å². The Morgan fingerprint density at radius 1 is 1.56 bits per heavy atom. The van der Waals surface area contributed by atoms with E-state index in [0.29, 0.717) is 9.08 Å². The number of hydrogen-bond acceptors (Lipinski definition) is 2. The van der Waals surface area contributed by atoms with Crippen LogP contribution in [0.4, 0.5) is 0 Å². The minimum absolute atomic E-state index is 0.218. The summed E-state index contributed by atoms with van der Waals surface area (Å²) < 4.78 is 1.26. The van der Waals surface area contributed by atoms with Gasteiger partial charge in [0.2, 0.25) is 0 Å². The maximum absolute atomic E-state index is 10.5. The topological polar surface area (TPSA) is 45.8 Å². The second-order valence-electron chi connectivity index (χ2n) is 1.37. The quantitative estimate of drug-likeness (QED) is 0.758. The summed E-state index contributed by atoms with van der Waals surface area (Å²) >= 11 is 6.22. The number of aromatic nitrogens is 2. The second-order valence-corrected chi connectivity index (χ2v) is 2.98. The van der Waals surface area contributed by atoms with E-state index in [0.717, 1.165) is 0 Å². The van der Waals surface area contributed by atoms with Crippen LogP contribution in [-0.4, -0.2) is 10.2 Å². The molecule has 1 aromatic rings. The van der Waals surface area contributed by atoms with E-state index in [1.54, 1.807) is 0 Å². The first-order valence-electron chi connectivity index (χ1n) is 2.11. The van der Waals surface area contributed by atoms with Gasteiger partial charge < -0.3 is 0 Å². The first-order chi connectivity index (χ1) is 4.20. The van der Waals surface area contributed by atoms with E-state index in [9.17, 15) is 4.79 Å². The highest BCUT2D eigenvalue weighted by Gasteiger charge is 1.94. The van der Waals surface area contributed by atoms with Crippen molar-refractivity contribution < 1.29 is 0 Å². The van der Waals surface area contributed by atoms with Gasteiger partial charge in [-0.15, -0.1) is 0 Å². The number of H-pyrrole nitrogens is 1. The Hall–Kier alpha value is -0.160. The zero-order chi connectivity index (χ0) is 6.85. The van der Waals surface area contributed by atoms with E-state index < -0.39 is 0 Å². The molecule has 0 bridgehead atoms. The first-order valence-corrected chi connectivity index (χ1v) is 3.69. The molecule has 0 spiro atoms. The summed E-state index contributed by atoms with van der Waals surface area (Å²) in [6.45, 7) is 0. The predicted octanol–water partition coefficient (Wildman–Crippen LogP) is 1.29. The van der Waals surface area contributed by atoms with E-state index >= 15 is 0 Å². The molecule has 48 valence electrons. The van der Waals surface area contributed by atoms with Crippen molar-refractivity contribution in [2.24, 2.45) is 0 Å². The number of nitrogens with one attached hydrogen (secondary N) is 1. The molecule has 0 radical (unpaired) electrons. The molecule has 9 heavy (non-hydrogen) atoms. The molecular weight excluding hydrogens is 252 g/mol. The van der Waals surface area contributed by atoms with Gasteiger partial charge in [0.15, 0.2) is 0 Å². The van der Waals surface area contributed by atoms with Crippen LogP contribution < -0.4 is 5.56 Å². The van der Waals surface area contributed by atoms with Crippen LogP contribution in [0.3, 0.4) is 0 Å². The van der Waals surface area contributed by atoms with Crippen LogP contribution >= 0.6 is 31.9 Å². The number of halogens is 2. The van der Waals surface area contributed by atoms with Crippen molar-refractivity contribution in [1.29, 1.82) is 0 Å². The summed E-state index contributed by atoms with van der Waals surface area (Å²) in [4.78, 5) is 10.5. The van der Waals surface area contributed by atoms with Crippen molar-refractivity contribution in [3.8, 4) is 0 Å². The van der Waals surface area contributed by atoms with Gasteiger partial charge in [-0.3, -0.25) is 4.79 Å². The maximum Gasteiger partial charge on any atom is 0.265 e. The Morgan fingerprint density at radius 2 is 2.22 bits per heavy atom. The molecule has 3 nitrogen and oxygen atoms in total. The second kappa shape index (κ2) is 2.62. The van der Waals surface area contributed by atoms with Gasteiger partial charge in [0.1, 0.15) is 4.60 Å². The molecule has 0 aromatic carbocycles. The number of rotatable bonds is 0. The lowest BCUT2D eigenvalue weighted by molar-refractivity contribution is 0.957. The third kappa shape index (κ3) is 1.62. The Kier molecular flexibility index (Phi) is 2.02. The van der Waals surface area contributed by atoms with Crippen molar-refractivity contribution in [3.63, 3.8) is 0 Å². The highest BCUT2D eigenvalue weighted by atomic mass is 79.9. The third-order valence-electron chi connectivity index (χ3n) is 0.719. The van der Waals surface area contributed by atoms with Crippen LogP contribution in [0.1, 0.15) is 0 Å². The smallest absolute Gasteiger partial charge is 0.265 e. The summed E-state index contributed by atoms with van der Waals surface area (Å²) in [7, 11) is 0. The average Bonchev–Trinajstić information content (AvgIpc) is 1.80. The lowest BCUT2D eigenvalue weighted by Gasteiger charge is -1.88. The van der Waals surface area contributed by atoms with Gasteiger partial charge >= 0.3 is 0 Å². The van der Waals surface area contributed by atoms with Crippen molar-refractivity contribution in [2.75, 3.05) is 0 Å². The van der Waals surface area contributed by atoms with Crippen LogP contribution in [0.25, 0.3) is 0 Å². The van der Waals surface area contributed by atoms with Crippen LogP contribution in [0.15, 0.2) is 19.9 Å². The SMILES string of the molecule is O=c1cc(Br)c(Br)n[nH]1. The first kappa shape index (κ1) is 6.95. The molecule has 0 aliphatic rings. The maximum atomic E-state index is 10.5. The molecule has 0 aliphatic heterocycles. The van der Waals surface area contributed by atoms with Crippen LogP contribution in [0.2, 0.25) is 0 Å². The number of hydrogen-bond donors (Lipinski definition) is 1. The molecule has 1 aromatic heterocycles. The molecule has 0 saturated heterocycles. The fourth-order valence-corrected chi connectivity index (χ4v) is 0.864. The molecule has 1 rings (SSSR count). The van der Waals surface area contributed by atoms with E-state index in [1.807, 2.05) is 0 Å². The monoisotopic (exact) mass is 252 g/mol. The minimum Gasteiger partial charge on any atom is -0.268 e. The minimum atomic E-state index is -0.218. The van der Waals surface area contributed by atoms with Gasteiger partial charge in [-0.05, 0) is 31.9 Å². The van der Waals surface area contributed by atoms with Crippen LogP contribution in [0.5, 0.6) is 0 Å². The van der Waals surface area contributed by atoms with Crippen molar-refractivity contribution in [1.82, 2.24) is 10.2 Å². The molecule has 0 aliphatic carbocycles. The van der Waals surface area contributed by atoms with Crippen molar-refractivity contribution in [2.45, 2.75) is 0 Å². The van der Waals surface area contributed by atoms with Gasteiger partial charge in [0.05, 0.1) is 4.47 Å². The van der Waals surface area contributed by atoms with E-state index in [1.165, 1.54) is 6.07 Å². The summed E-state index contributed by atoms with van der Waals surface area (Å²) in [5.41, 5.74) is -0.218. The van der Waals surface area contributed by atoms with Crippen molar-refractivity contribution >= 4 is 31.9 Å². The lowest BCUT2D eigenvalue weighted by atomic mass is 10.6. The Balaban J connectivity index is 3.34. The van der Waals surface area contributed by atoms with Gasteiger partial charge in [0, 0.05) is 6.07 Å². The van der Waals surface area contributed by atoms with E-state index in [-0.39, 0.29) is 5.56 Å². The molecule has 0 amide bonds. The van der Waals surface area contributed by atoms with Gasteiger partial charge in [0.25, 0.3) is 5.56 Å². The van der Waals surface area contributed by atoms with Gasteiger partial charge in [-0.1, -0.05) is 0 Å². The van der Waals surface area contributed by atoms with E-state index in [4.69, 9.17) is 0 Å². The summed E-state index contributed by atoms with van der Waals surface area (Å²) in [5.74, 6) is 0. The Morgan fingerprint density at radius 3 is 2.67 bits per heavy atom. The molecule has 1 heterocycles. The molecule has 1 N–H and O–H groups in total. The standard InChI is InChI=1S/C4H2Br2N2O/c5-2-1-3(9)7-8-4(2)6/h1H,(H,7,9). The van der Waals surface area contributed by atoms with E-state index in [2.05, 4.69) is 42.1 Å². The molecule has 0 saturated carbocycles. The summed E-state index contributed by atoms with van der Waals surface area (Å²) in [6, 6.07) is 1.40. The Labute approximate surface area is 67.7 Å². The number of aromatic amines is 1. The Bertz CT molecular complexity index is 270. The van der Waals surface area contributed by atoms with Crippen molar-refractivity contribution in [3.05, 3.63) is 25.5 Å². The van der Waals surface area contributed by atoms with Crippen LogP contribution in [0, 0.1) is 0 Å². The highest BCUT2D eigenvalue weighted by Crippen LogP contribution is 2.15. The third-order valence-corrected chi connectivity index (χ3v) is 2.46. The molecular formula is C4H2Br2N2O. The largest absolute Gasteiger partial charge is 0.268 e. The molecule has 0 fully saturated rings. The highest BCUT2D eigenvalue weighted by molar-refractivity contribution is 9.13. The molecule has 0 atom stereocenters. The number of nitrogens with zero attached hydrogens (tertiary/aromatic N) is 1. The average molecular weight is 254 g/mol. The lowest BCUT2D eigenvalue weighted by Crippen LogP contribution is -2.05. The zero-order valence-corrected chi connectivity index (χ0v) is 7.36. The zero-order valence-electron chi connectivity index (χ0n) is 4.19. The fraction of sp³-hybridized carbons (Fsp3) is 0. The predicted molar refractivity (Wildman–Crippen MR) is 40.3 cm³/mol. The molecule has 0 unspecified atom stereocenters.